The maximum absolute atomic E-state index is 3.77. The summed E-state index contributed by atoms with van der Waals surface area (Å²) < 4.78 is 0.0903. The van der Waals surface area contributed by atoms with Crippen LogP contribution >= 0.6 is 79.6 Å². The van der Waals surface area contributed by atoms with E-state index in [0.29, 0.717) is 0 Å². The van der Waals surface area contributed by atoms with Crippen LogP contribution in [0.25, 0.3) is 0 Å². The minimum atomic E-state index is 0.0903. The van der Waals surface area contributed by atoms with Gasteiger partial charge in [0.1, 0.15) is 0 Å². The van der Waals surface area contributed by atoms with E-state index in [0.717, 1.165) is 21.3 Å². The highest BCUT2D eigenvalue weighted by molar-refractivity contribution is 9.14. The molecule has 0 aromatic heterocycles. The van der Waals surface area contributed by atoms with Crippen molar-refractivity contribution in [2.75, 3.05) is 21.3 Å². The van der Waals surface area contributed by atoms with Crippen LogP contribution < -0.4 is 0 Å². The number of hydrogen-bond acceptors (Lipinski definition) is 0. The quantitative estimate of drug-likeness (QED) is 0.486. The first-order chi connectivity index (χ1) is 5.49. The topological polar surface area (TPSA) is 0 Å². The minimum Gasteiger partial charge on any atom is -0.0921 e. The summed E-state index contributed by atoms with van der Waals surface area (Å²) in [7, 11) is 0. The van der Waals surface area contributed by atoms with Crippen molar-refractivity contribution in [3.05, 3.63) is 0 Å². The van der Waals surface area contributed by atoms with Crippen molar-refractivity contribution in [3.63, 3.8) is 0 Å². The average molecular weight is 495 g/mol. The van der Waals surface area contributed by atoms with Crippen molar-refractivity contribution in [1.82, 2.24) is 0 Å². The summed E-state index contributed by atoms with van der Waals surface area (Å²) >= 11 is 17.9. The second kappa shape index (κ2) is 6.09. The molecule has 0 aliphatic rings. The molecule has 0 nitrogen and oxygen atoms in total. The van der Waals surface area contributed by atoms with Crippen LogP contribution in [-0.4, -0.2) is 25.6 Å². The third kappa shape index (κ3) is 2.94. The third-order valence-corrected chi connectivity index (χ3v) is 9.51. The van der Waals surface area contributed by atoms with Gasteiger partial charge < -0.3 is 0 Å². The molecule has 0 atom stereocenters. The van der Waals surface area contributed by atoms with Gasteiger partial charge in [-0.1, -0.05) is 86.6 Å². The summed E-state index contributed by atoms with van der Waals surface area (Å²) in [6, 6.07) is 0. The number of halogens is 5. The zero-order valence-corrected chi connectivity index (χ0v) is 14.6. The van der Waals surface area contributed by atoms with Gasteiger partial charge in [0.15, 0.2) is 0 Å². The van der Waals surface area contributed by atoms with E-state index in [4.69, 9.17) is 0 Å². The van der Waals surface area contributed by atoms with Crippen LogP contribution in [0, 0.1) is 5.41 Å². The maximum Gasteiger partial charge on any atom is 0.0520 e. The average Bonchev–Trinajstić information content (AvgIpc) is 2.15. The summed E-state index contributed by atoms with van der Waals surface area (Å²) in [5.74, 6) is 0. The highest BCUT2D eigenvalue weighted by atomic mass is 79.9. The molecule has 0 saturated carbocycles. The Bertz CT molecular complexity index is 112. The monoisotopic (exact) mass is 490 g/mol. The maximum atomic E-state index is 3.77. The van der Waals surface area contributed by atoms with Crippen molar-refractivity contribution >= 4 is 79.6 Å². The molecule has 0 heterocycles. The van der Waals surface area contributed by atoms with Crippen molar-refractivity contribution in [3.8, 4) is 0 Å². The van der Waals surface area contributed by atoms with Gasteiger partial charge in [-0.3, -0.25) is 0 Å². The standard InChI is InChI=1S/C7H11Br5/c1-6(2-8,3-9)7(12,4-10)5-11/h2-5H2,1H3. The highest BCUT2D eigenvalue weighted by Crippen LogP contribution is 2.44. The Balaban J connectivity index is 4.66. The fourth-order valence-electron chi connectivity index (χ4n) is 0.634. The Hall–Kier alpha value is 2.40. The molecule has 5 heteroatoms. The molecule has 0 spiro atoms. The van der Waals surface area contributed by atoms with Crippen molar-refractivity contribution < 1.29 is 0 Å². The Morgan fingerprint density at radius 3 is 1.25 bits per heavy atom. The van der Waals surface area contributed by atoms with Crippen molar-refractivity contribution in [1.29, 1.82) is 0 Å². The zero-order valence-electron chi connectivity index (χ0n) is 6.72. The first-order valence-corrected chi connectivity index (χ1v) is 8.70. The molecule has 0 bridgehead atoms. The number of alkyl halides is 5. The molecule has 0 aliphatic carbocycles. The van der Waals surface area contributed by atoms with E-state index in [-0.39, 0.29) is 9.74 Å². The summed E-state index contributed by atoms with van der Waals surface area (Å²) in [4.78, 5) is 0. The van der Waals surface area contributed by atoms with Gasteiger partial charge in [-0.15, -0.1) is 0 Å². The lowest BCUT2D eigenvalue weighted by Gasteiger charge is -2.40. The molecule has 0 fully saturated rings. The van der Waals surface area contributed by atoms with Crippen molar-refractivity contribution in [2.24, 2.45) is 5.41 Å². The van der Waals surface area contributed by atoms with Gasteiger partial charge in [-0.25, -0.2) is 0 Å². The van der Waals surface area contributed by atoms with Gasteiger partial charge in [-0.05, 0) is 0 Å². The van der Waals surface area contributed by atoms with Gasteiger partial charge in [0.05, 0.1) is 4.32 Å². The molecular formula is C7H11Br5. The lowest BCUT2D eigenvalue weighted by atomic mass is 9.83. The van der Waals surface area contributed by atoms with Crippen LogP contribution in [-0.2, 0) is 0 Å². The van der Waals surface area contributed by atoms with Crippen LogP contribution in [0.2, 0.25) is 0 Å². The fraction of sp³-hybridized carbons (Fsp3) is 1.00. The molecule has 0 aromatic carbocycles. The molecule has 12 heavy (non-hydrogen) atoms. The van der Waals surface area contributed by atoms with Crippen LogP contribution in [0.5, 0.6) is 0 Å². The van der Waals surface area contributed by atoms with Gasteiger partial charge in [0.25, 0.3) is 0 Å². The molecular weight excluding hydrogens is 484 g/mol. The largest absolute Gasteiger partial charge is 0.0921 e. The van der Waals surface area contributed by atoms with Crippen molar-refractivity contribution in [2.45, 2.75) is 11.2 Å². The number of hydrogen-bond donors (Lipinski definition) is 0. The van der Waals surface area contributed by atoms with Crippen LogP contribution in [0.15, 0.2) is 0 Å². The second-order valence-electron chi connectivity index (χ2n) is 3.06. The van der Waals surface area contributed by atoms with E-state index in [1.807, 2.05) is 0 Å². The summed E-state index contributed by atoms with van der Waals surface area (Å²) in [5.41, 5.74) is 0.194. The van der Waals surface area contributed by atoms with Gasteiger partial charge >= 0.3 is 0 Å². The van der Waals surface area contributed by atoms with Gasteiger partial charge in [0, 0.05) is 26.7 Å². The molecule has 0 aromatic rings. The smallest absolute Gasteiger partial charge is 0.0520 e. The molecule has 0 aliphatic heterocycles. The summed E-state index contributed by atoms with van der Waals surface area (Å²) in [5, 5.41) is 3.79. The Labute approximate surface area is 116 Å². The lowest BCUT2D eigenvalue weighted by Crippen LogP contribution is -2.47. The van der Waals surface area contributed by atoms with Crippen LogP contribution in [0.1, 0.15) is 6.92 Å². The third-order valence-electron chi connectivity index (χ3n) is 2.10. The predicted molar refractivity (Wildman–Crippen MR) is 74.9 cm³/mol. The van der Waals surface area contributed by atoms with E-state index in [1.165, 1.54) is 0 Å². The zero-order chi connectivity index (χ0) is 9.83. The van der Waals surface area contributed by atoms with Gasteiger partial charge in [-0.2, -0.15) is 0 Å². The fourth-order valence-corrected chi connectivity index (χ4v) is 5.95. The molecule has 0 saturated heterocycles. The lowest BCUT2D eigenvalue weighted by molar-refractivity contribution is 0.362. The first kappa shape index (κ1) is 14.4. The minimum absolute atomic E-state index is 0.0903. The van der Waals surface area contributed by atoms with E-state index in [2.05, 4.69) is 86.6 Å². The molecule has 0 N–H and O–H groups in total. The highest BCUT2D eigenvalue weighted by Gasteiger charge is 2.43. The Morgan fingerprint density at radius 1 is 0.833 bits per heavy atom. The molecule has 0 radical (unpaired) electrons. The van der Waals surface area contributed by atoms with E-state index in [9.17, 15) is 0 Å². The molecule has 0 unspecified atom stereocenters. The molecule has 0 amide bonds. The Morgan fingerprint density at radius 2 is 1.17 bits per heavy atom. The number of rotatable bonds is 5. The predicted octanol–water partition coefficient (Wildman–Crippen LogP) is 4.71. The first-order valence-electron chi connectivity index (χ1n) is 3.42. The SMILES string of the molecule is CC(CBr)(CBr)C(Br)(CBr)CBr. The van der Waals surface area contributed by atoms with E-state index < -0.39 is 0 Å². The molecule has 0 rings (SSSR count). The van der Waals surface area contributed by atoms with Crippen LogP contribution in [0.3, 0.4) is 0 Å². The summed E-state index contributed by atoms with van der Waals surface area (Å²) in [6.07, 6.45) is 0. The summed E-state index contributed by atoms with van der Waals surface area (Å²) in [6.45, 7) is 2.24. The van der Waals surface area contributed by atoms with Crippen LogP contribution in [0.4, 0.5) is 0 Å². The van der Waals surface area contributed by atoms with E-state index >= 15 is 0 Å². The van der Waals surface area contributed by atoms with Gasteiger partial charge in [0.2, 0.25) is 0 Å². The second-order valence-corrected chi connectivity index (χ2v) is 6.82. The Kier molecular flexibility index (Phi) is 7.30. The normalized spacial score (nSPS) is 13.5. The van der Waals surface area contributed by atoms with E-state index in [1.54, 1.807) is 0 Å². The molecule has 74 valence electrons.